The molecule has 1 atom stereocenters. The number of fused-ring (bicyclic) bond motifs is 6. The van der Waals surface area contributed by atoms with Crippen LogP contribution in [-0.4, -0.2) is 10.7 Å². The Labute approximate surface area is 371 Å². The van der Waals surface area contributed by atoms with E-state index in [0.717, 1.165) is 106 Å². The Morgan fingerprint density at radius 1 is 0.438 bits per heavy atom. The predicted octanol–water partition coefficient (Wildman–Crippen LogP) is 16.1. The van der Waals surface area contributed by atoms with Gasteiger partial charge in [-0.3, -0.25) is 0 Å². The summed E-state index contributed by atoms with van der Waals surface area (Å²) in [6.07, 6.45) is 2.28. The average molecular weight is 817 g/mol. The molecule has 0 spiro atoms. The zero-order valence-electron chi connectivity index (χ0n) is 34.9. The van der Waals surface area contributed by atoms with Crippen molar-refractivity contribution >= 4 is 55.0 Å². The highest BCUT2D eigenvalue weighted by Crippen LogP contribution is 2.44. The maximum atomic E-state index is 6.69. The summed E-state index contributed by atoms with van der Waals surface area (Å²) in [6.45, 7) is 4.81. The van der Waals surface area contributed by atoms with Crippen molar-refractivity contribution in [2.45, 2.75) is 5.92 Å². The predicted molar refractivity (Wildman–Crippen MR) is 268 cm³/mol. The first-order chi connectivity index (χ1) is 31.6. The smallest absolute Gasteiger partial charge is 0.143 e. The third-order valence-electron chi connectivity index (χ3n) is 12.7. The highest BCUT2D eigenvalue weighted by atomic mass is 16.3. The van der Waals surface area contributed by atoms with E-state index in [9.17, 15) is 0 Å². The molecule has 11 aromatic rings. The van der Waals surface area contributed by atoms with Crippen LogP contribution in [0.2, 0.25) is 0 Å². The fourth-order valence-corrected chi connectivity index (χ4v) is 9.51. The average Bonchev–Trinajstić information content (AvgIpc) is 3.76. The normalized spacial score (nSPS) is 14.0. The van der Waals surface area contributed by atoms with Crippen molar-refractivity contribution < 1.29 is 4.42 Å². The van der Waals surface area contributed by atoms with Crippen molar-refractivity contribution in [3.63, 3.8) is 0 Å². The molecule has 0 aliphatic carbocycles. The number of benzene rings is 9. The molecule has 0 amide bonds. The molecule has 0 bridgehead atoms. The molecule has 3 heterocycles. The molecule has 3 heteroatoms. The molecule has 2 aromatic heterocycles. The van der Waals surface area contributed by atoms with Gasteiger partial charge in [-0.05, 0) is 91.7 Å². The molecule has 1 aliphatic rings. The van der Waals surface area contributed by atoms with E-state index in [0.29, 0.717) is 0 Å². The molecule has 1 aliphatic heterocycles. The van der Waals surface area contributed by atoms with E-state index in [1.54, 1.807) is 0 Å². The van der Waals surface area contributed by atoms with E-state index in [2.05, 4.69) is 206 Å². The fraction of sp³-hybridized carbons (Fsp3) is 0.0164. The van der Waals surface area contributed by atoms with Crippen LogP contribution in [0.3, 0.4) is 0 Å². The standard InChI is InChI=1S/C61H40N2O/c1-39-53(37-56(63-60(39)45-21-9-4-10-22-45)44-30-28-41(29-31-44)40-16-5-2-6-17-40)47-34-46(50-25-15-26-52-51-24-13-14-27-58(51)64-61(50)52)35-48(36-47)57-38-54(42-18-7-3-8-19-42)59-49-23-12-11-20-43(49)32-33-55(59)62-57/h2-38,53H,1H2. The van der Waals surface area contributed by atoms with Crippen molar-refractivity contribution in [3.8, 4) is 44.6 Å². The molecule has 1 unspecified atom stereocenters. The van der Waals surface area contributed by atoms with Crippen LogP contribution in [0.4, 0.5) is 0 Å². The van der Waals surface area contributed by atoms with Gasteiger partial charge >= 0.3 is 0 Å². The number of para-hydroxylation sites is 2. The number of aromatic nitrogens is 1. The summed E-state index contributed by atoms with van der Waals surface area (Å²) >= 11 is 0. The van der Waals surface area contributed by atoms with Gasteiger partial charge in [-0.1, -0.05) is 195 Å². The van der Waals surface area contributed by atoms with Crippen LogP contribution in [0, 0.1) is 0 Å². The quantitative estimate of drug-likeness (QED) is 0.150. The molecule has 300 valence electrons. The SMILES string of the molecule is C=C1C(c2ccccc2)=NC(c2ccc(-c3ccccc3)cc2)=CC1c1cc(-c2cc(-c3ccccc3)c3c(ccc4ccccc43)n2)cc(-c2cccc3c2oc2ccccc23)c1. The molecule has 0 saturated carbocycles. The lowest BCUT2D eigenvalue weighted by Crippen LogP contribution is -2.16. The highest BCUT2D eigenvalue weighted by Gasteiger charge is 2.27. The lowest BCUT2D eigenvalue weighted by Gasteiger charge is -2.26. The molecule has 9 aromatic carbocycles. The number of rotatable bonds is 7. The van der Waals surface area contributed by atoms with Gasteiger partial charge in [-0.25, -0.2) is 9.98 Å². The first kappa shape index (κ1) is 37.4. The van der Waals surface area contributed by atoms with E-state index in [1.165, 1.54) is 16.3 Å². The van der Waals surface area contributed by atoms with Crippen molar-refractivity contribution in [2.24, 2.45) is 4.99 Å². The summed E-state index contributed by atoms with van der Waals surface area (Å²) in [5.74, 6) is -0.205. The first-order valence-electron chi connectivity index (χ1n) is 21.8. The van der Waals surface area contributed by atoms with Crippen LogP contribution in [-0.2, 0) is 0 Å². The summed E-state index contributed by atoms with van der Waals surface area (Å²) < 4.78 is 6.69. The van der Waals surface area contributed by atoms with E-state index in [4.69, 9.17) is 21.0 Å². The van der Waals surface area contributed by atoms with Crippen LogP contribution in [0.25, 0.3) is 93.9 Å². The van der Waals surface area contributed by atoms with Gasteiger partial charge in [-0.2, -0.15) is 0 Å². The molecule has 12 rings (SSSR count). The second kappa shape index (κ2) is 15.5. The third-order valence-corrected chi connectivity index (χ3v) is 12.7. The van der Waals surface area contributed by atoms with E-state index < -0.39 is 0 Å². The van der Waals surface area contributed by atoms with Crippen LogP contribution in [0.15, 0.2) is 246 Å². The van der Waals surface area contributed by atoms with E-state index >= 15 is 0 Å². The van der Waals surface area contributed by atoms with E-state index in [1.807, 2.05) is 18.2 Å². The lowest BCUT2D eigenvalue weighted by atomic mass is 9.81. The number of aliphatic imine (C=N–C) groups is 1. The maximum Gasteiger partial charge on any atom is 0.143 e. The van der Waals surface area contributed by atoms with Crippen LogP contribution >= 0.6 is 0 Å². The fourth-order valence-electron chi connectivity index (χ4n) is 9.51. The zero-order chi connectivity index (χ0) is 42.6. The van der Waals surface area contributed by atoms with Gasteiger partial charge < -0.3 is 4.42 Å². The molecule has 0 radical (unpaired) electrons. The highest BCUT2D eigenvalue weighted by molar-refractivity contribution is 6.17. The minimum Gasteiger partial charge on any atom is -0.455 e. The number of hydrogen-bond acceptors (Lipinski definition) is 3. The topological polar surface area (TPSA) is 38.4 Å². The van der Waals surface area contributed by atoms with Gasteiger partial charge in [0.25, 0.3) is 0 Å². The van der Waals surface area contributed by atoms with Crippen molar-refractivity contribution in [1.82, 2.24) is 4.98 Å². The summed E-state index contributed by atoms with van der Waals surface area (Å²) in [7, 11) is 0. The molecular weight excluding hydrogens is 777 g/mol. The monoisotopic (exact) mass is 816 g/mol. The third kappa shape index (κ3) is 6.54. The molecule has 3 nitrogen and oxygen atoms in total. The first-order valence-corrected chi connectivity index (χ1v) is 21.8. The largest absolute Gasteiger partial charge is 0.455 e. The van der Waals surface area contributed by atoms with Crippen LogP contribution in [0.5, 0.6) is 0 Å². The van der Waals surface area contributed by atoms with Gasteiger partial charge in [-0.15, -0.1) is 0 Å². The minimum absolute atomic E-state index is 0.205. The second-order valence-electron chi connectivity index (χ2n) is 16.6. The lowest BCUT2D eigenvalue weighted by molar-refractivity contribution is 0.670. The maximum absolute atomic E-state index is 6.69. The number of pyridine rings is 1. The molecule has 0 saturated heterocycles. The summed E-state index contributed by atoms with van der Waals surface area (Å²) in [5.41, 5.74) is 17.2. The summed E-state index contributed by atoms with van der Waals surface area (Å²) in [4.78, 5) is 10.9. The van der Waals surface area contributed by atoms with Gasteiger partial charge in [0.15, 0.2) is 0 Å². The van der Waals surface area contributed by atoms with Gasteiger partial charge in [0.2, 0.25) is 0 Å². The summed E-state index contributed by atoms with van der Waals surface area (Å²) in [5, 5.41) is 5.70. The minimum atomic E-state index is -0.205. The Bertz CT molecular complexity index is 3660. The van der Waals surface area contributed by atoms with E-state index in [-0.39, 0.29) is 5.92 Å². The van der Waals surface area contributed by atoms with Crippen molar-refractivity contribution in [3.05, 3.63) is 253 Å². The van der Waals surface area contributed by atoms with Gasteiger partial charge in [0, 0.05) is 38.8 Å². The summed E-state index contributed by atoms with van der Waals surface area (Å²) in [6, 6.07) is 77.2. The second-order valence-corrected chi connectivity index (χ2v) is 16.6. The zero-order valence-corrected chi connectivity index (χ0v) is 34.9. The Hall–Kier alpha value is -8.40. The van der Waals surface area contributed by atoms with Crippen LogP contribution in [0.1, 0.15) is 22.6 Å². The van der Waals surface area contributed by atoms with Crippen molar-refractivity contribution in [1.29, 1.82) is 0 Å². The number of hydrogen-bond donors (Lipinski definition) is 0. The molecular formula is C61H40N2O. The molecule has 0 fully saturated rings. The number of allylic oxidation sites excluding steroid dienone is 2. The van der Waals surface area contributed by atoms with Gasteiger partial charge in [0.05, 0.1) is 22.6 Å². The number of furan rings is 1. The Kier molecular flexibility index (Phi) is 9.05. The molecule has 64 heavy (non-hydrogen) atoms. The van der Waals surface area contributed by atoms with Crippen molar-refractivity contribution in [2.75, 3.05) is 0 Å². The Morgan fingerprint density at radius 2 is 1.06 bits per heavy atom. The number of nitrogens with zero attached hydrogens (tertiary/aromatic N) is 2. The molecule has 0 N–H and O–H groups in total. The Morgan fingerprint density at radius 3 is 1.84 bits per heavy atom. The van der Waals surface area contributed by atoms with Crippen LogP contribution < -0.4 is 0 Å². The Balaban J connectivity index is 1.09. The van der Waals surface area contributed by atoms with Gasteiger partial charge in [0.1, 0.15) is 11.2 Å².